The molecule has 1 N–H and O–H groups in total. The van der Waals surface area contributed by atoms with E-state index in [4.69, 9.17) is 10.4 Å². The van der Waals surface area contributed by atoms with Crippen molar-refractivity contribution in [2.75, 3.05) is 0 Å². The summed E-state index contributed by atoms with van der Waals surface area (Å²) in [6.45, 7) is 1.98. The molecule has 2 heteroatoms. The van der Waals surface area contributed by atoms with E-state index >= 15 is 0 Å². The van der Waals surface area contributed by atoms with Crippen molar-refractivity contribution in [1.29, 1.82) is 5.26 Å². The minimum Gasteiger partial charge on any atom is -0.508 e. The van der Waals surface area contributed by atoms with Crippen molar-refractivity contribution in [3.8, 4) is 11.8 Å². The standard InChI is InChI=1S/C9H9NO/c1-2-7-3-8(6-10)5-9(11)4-7/h3-5,11H,2H2,1H3. The van der Waals surface area contributed by atoms with Crippen molar-refractivity contribution < 1.29 is 5.11 Å². The van der Waals surface area contributed by atoms with Gasteiger partial charge in [0.15, 0.2) is 0 Å². The van der Waals surface area contributed by atoms with Crippen molar-refractivity contribution in [3.05, 3.63) is 29.3 Å². The first-order valence-corrected chi connectivity index (χ1v) is 3.49. The lowest BCUT2D eigenvalue weighted by Gasteiger charge is -1.97. The van der Waals surface area contributed by atoms with E-state index in [9.17, 15) is 0 Å². The largest absolute Gasteiger partial charge is 0.508 e. The lowest BCUT2D eigenvalue weighted by Crippen LogP contribution is -1.81. The van der Waals surface area contributed by atoms with Gasteiger partial charge in [-0.05, 0) is 30.2 Å². The molecule has 0 aromatic heterocycles. The van der Waals surface area contributed by atoms with E-state index < -0.39 is 0 Å². The molecule has 0 aliphatic rings. The maximum atomic E-state index is 9.10. The monoisotopic (exact) mass is 147 g/mol. The molecular formula is C9H9NO. The van der Waals surface area contributed by atoms with Crippen LogP contribution in [0.15, 0.2) is 18.2 Å². The van der Waals surface area contributed by atoms with Gasteiger partial charge in [-0.25, -0.2) is 0 Å². The van der Waals surface area contributed by atoms with Crippen LogP contribution in [0.4, 0.5) is 0 Å². The fourth-order valence-corrected chi connectivity index (χ4v) is 0.943. The van der Waals surface area contributed by atoms with Gasteiger partial charge in [0, 0.05) is 0 Å². The minimum atomic E-state index is 0.168. The van der Waals surface area contributed by atoms with Crippen molar-refractivity contribution in [2.45, 2.75) is 13.3 Å². The van der Waals surface area contributed by atoms with Crippen LogP contribution in [0.5, 0.6) is 5.75 Å². The summed E-state index contributed by atoms with van der Waals surface area (Å²) < 4.78 is 0. The van der Waals surface area contributed by atoms with Gasteiger partial charge in [0.25, 0.3) is 0 Å². The third-order valence-electron chi connectivity index (χ3n) is 1.51. The summed E-state index contributed by atoms with van der Waals surface area (Å²) in [7, 11) is 0. The smallest absolute Gasteiger partial charge is 0.117 e. The van der Waals surface area contributed by atoms with Crippen LogP contribution in [0.25, 0.3) is 0 Å². The molecule has 56 valence electrons. The molecule has 0 spiro atoms. The fraction of sp³-hybridized carbons (Fsp3) is 0.222. The summed E-state index contributed by atoms with van der Waals surface area (Å²) in [6, 6.07) is 6.88. The predicted octanol–water partition coefficient (Wildman–Crippen LogP) is 1.83. The van der Waals surface area contributed by atoms with Crippen LogP contribution in [0.1, 0.15) is 18.1 Å². The number of phenols is 1. The van der Waals surface area contributed by atoms with Crippen molar-refractivity contribution in [3.63, 3.8) is 0 Å². The Bertz CT molecular complexity index is 299. The maximum Gasteiger partial charge on any atom is 0.117 e. The van der Waals surface area contributed by atoms with Gasteiger partial charge in [0.05, 0.1) is 11.6 Å². The summed E-state index contributed by atoms with van der Waals surface area (Å²) in [5.41, 5.74) is 1.50. The van der Waals surface area contributed by atoms with Crippen LogP contribution in [0.3, 0.4) is 0 Å². The highest BCUT2D eigenvalue weighted by molar-refractivity contribution is 5.39. The predicted molar refractivity (Wildman–Crippen MR) is 42.2 cm³/mol. The Labute approximate surface area is 65.7 Å². The Hall–Kier alpha value is -1.49. The van der Waals surface area contributed by atoms with E-state index in [0.717, 1.165) is 12.0 Å². The van der Waals surface area contributed by atoms with Crippen LogP contribution in [0, 0.1) is 11.3 Å². The average Bonchev–Trinajstić information content (AvgIpc) is 2.03. The summed E-state index contributed by atoms with van der Waals surface area (Å²) >= 11 is 0. The molecule has 0 fully saturated rings. The highest BCUT2D eigenvalue weighted by atomic mass is 16.3. The molecule has 11 heavy (non-hydrogen) atoms. The lowest BCUT2D eigenvalue weighted by molar-refractivity contribution is 0.474. The molecule has 0 saturated carbocycles. The van der Waals surface area contributed by atoms with Crippen molar-refractivity contribution in [1.82, 2.24) is 0 Å². The van der Waals surface area contributed by atoms with Crippen LogP contribution in [-0.4, -0.2) is 5.11 Å². The number of aryl methyl sites for hydroxylation is 1. The van der Waals surface area contributed by atoms with Gasteiger partial charge in [-0.3, -0.25) is 0 Å². The van der Waals surface area contributed by atoms with Crippen LogP contribution in [-0.2, 0) is 6.42 Å². The van der Waals surface area contributed by atoms with Crippen molar-refractivity contribution >= 4 is 0 Å². The normalized spacial score (nSPS) is 9.09. The SMILES string of the molecule is CCc1cc(O)cc(C#N)c1. The molecule has 0 aliphatic heterocycles. The number of nitrogens with zero attached hydrogens (tertiary/aromatic N) is 1. The van der Waals surface area contributed by atoms with Gasteiger partial charge in [-0.15, -0.1) is 0 Å². The quantitative estimate of drug-likeness (QED) is 0.658. The zero-order valence-corrected chi connectivity index (χ0v) is 6.33. The molecule has 0 atom stereocenters. The molecule has 0 unspecified atom stereocenters. The summed E-state index contributed by atoms with van der Waals surface area (Å²) in [5.74, 6) is 0.168. The molecule has 0 aliphatic carbocycles. The number of benzene rings is 1. The molecule has 1 aromatic rings. The highest BCUT2D eigenvalue weighted by Crippen LogP contribution is 2.15. The highest BCUT2D eigenvalue weighted by Gasteiger charge is 1.96. The first-order chi connectivity index (χ1) is 5.26. The Morgan fingerprint density at radius 1 is 1.45 bits per heavy atom. The van der Waals surface area contributed by atoms with Gasteiger partial charge < -0.3 is 5.11 Å². The lowest BCUT2D eigenvalue weighted by atomic mass is 10.1. The van der Waals surface area contributed by atoms with Crippen LogP contribution < -0.4 is 0 Å². The van der Waals surface area contributed by atoms with Gasteiger partial charge in [0.2, 0.25) is 0 Å². The number of hydrogen-bond donors (Lipinski definition) is 1. The molecule has 0 amide bonds. The second kappa shape index (κ2) is 3.07. The Kier molecular flexibility index (Phi) is 2.12. The van der Waals surface area contributed by atoms with Gasteiger partial charge in [0.1, 0.15) is 5.75 Å². The third-order valence-corrected chi connectivity index (χ3v) is 1.51. The van der Waals surface area contributed by atoms with Crippen molar-refractivity contribution in [2.24, 2.45) is 0 Å². The Balaban J connectivity index is 3.15. The van der Waals surface area contributed by atoms with E-state index in [1.807, 2.05) is 13.0 Å². The summed E-state index contributed by atoms with van der Waals surface area (Å²) in [6.07, 6.45) is 0.836. The number of rotatable bonds is 1. The number of aromatic hydroxyl groups is 1. The second-order valence-electron chi connectivity index (χ2n) is 2.35. The van der Waals surface area contributed by atoms with E-state index in [1.165, 1.54) is 6.07 Å². The molecule has 2 nitrogen and oxygen atoms in total. The maximum absolute atomic E-state index is 9.10. The van der Waals surface area contributed by atoms with E-state index in [1.54, 1.807) is 12.1 Å². The average molecular weight is 147 g/mol. The molecule has 0 heterocycles. The molecule has 0 saturated heterocycles. The van der Waals surface area contributed by atoms with Gasteiger partial charge in [-0.2, -0.15) is 5.26 Å². The molecule has 0 bridgehead atoms. The molecule has 1 aromatic carbocycles. The van der Waals surface area contributed by atoms with Crippen LogP contribution >= 0.6 is 0 Å². The zero-order valence-electron chi connectivity index (χ0n) is 6.33. The molecular weight excluding hydrogens is 138 g/mol. The van der Waals surface area contributed by atoms with E-state index in [-0.39, 0.29) is 5.75 Å². The fourth-order valence-electron chi connectivity index (χ4n) is 0.943. The molecule has 1 rings (SSSR count). The minimum absolute atomic E-state index is 0.168. The van der Waals surface area contributed by atoms with Gasteiger partial charge >= 0.3 is 0 Å². The summed E-state index contributed by atoms with van der Waals surface area (Å²) in [5, 5.41) is 17.6. The topological polar surface area (TPSA) is 44.0 Å². The zero-order chi connectivity index (χ0) is 8.27. The second-order valence-corrected chi connectivity index (χ2v) is 2.35. The van der Waals surface area contributed by atoms with Gasteiger partial charge in [-0.1, -0.05) is 6.92 Å². The first-order valence-electron chi connectivity index (χ1n) is 3.49. The first kappa shape index (κ1) is 7.62. The Morgan fingerprint density at radius 2 is 2.18 bits per heavy atom. The van der Waals surface area contributed by atoms with Crippen LogP contribution in [0.2, 0.25) is 0 Å². The Morgan fingerprint density at radius 3 is 2.73 bits per heavy atom. The molecule has 0 radical (unpaired) electrons. The van der Waals surface area contributed by atoms with E-state index in [0.29, 0.717) is 5.56 Å². The summed E-state index contributed by atoms with van der Waals surface area (Å²) in [4.78, 5) is 0. The number of hydrogen-bond acceptors (Lipinski definition) is 2. The van der Waals surface area contributed by atoms with E-state index in [2.05, 4.69) is 0 Å². The number of nitriles is 1. The third kappa shape index (κ3) is 1.71. The number of phenolic OH excluding ortho intramolecular Hbond substituents is 1.